The van der Waals surface area contributed by atoms with E-state index in [4.69, 9.17) is 16.3 Å². The topological polar surface area (TPSA) is 64.7 Å². The number of rotatable bonds is 2. The Kier molecular flexibility index (Phi) is 3.37. The quantitative estimate of drug-likeness (QED) is 0.615. The summed E-state index contributed by atoms with van der Waals surface area (Å²) in [6.45, 7) is 3.62. The molecule has 0 atom stereocenters. The van der Waals surface area contributed by atoms with Crippen LogP contribution in [-0.2, 0) is 0 Å². The molecule has 0 aliphatic carbocycles. The van der Waals surface area contributed by atoms with Gasteiger partial charge in [0.05, 0.1) is 16.7 Å². The lowest BCUT2D eigenvalue weighted by molar-refractivity contribution is -0.385. The summed E-state index contributed by atoms with van der Waals surface area (Å²) >= 11 is 5.92. The van der Waals surface area contributed by atoms with Crippen molar-refractivity contribution in [1.29, 1.82) is 0 Å². The zero-order valence-corrected chi connectivity index (χ0v) is 12.8. The SMILES string of the molecule is CC1(C)N=C(c2ccc(Cl)cc2)c2ccc([N+](=O)[O-])cc2O1. The first-order valence-electron chi connectivity index (χ1n) is 6.69. The van der Waals surface area contributed by atoms with Crippen molar-refractivity contribution < 1.29 is 9.66 Å². The Morgan fingerprint density at radius 2 is 1.86 bits per heavy atom. The molecule has 2 aromatic rings. The molecular formula is C16H13ClN2O3. The minimum Gasteiger partial charge on any atom is -0.466 e. The van der Waals surface area contributed by atoms with Gasteiger partial charge in [0.1, 0.15) is 5.75 Å². The summed E-state index contributed by atoms with van der Waals surface area (Å²) in [7, 11) is 0. The van der Waals surface area contributed by atoms with Gasteiger partial charge >= 0.3 is 0 Å². The number of halogens is 1. The monoisotopic (exact) mass is 316 g/mol. The number of fused-ring (bicyclic) bond motifs is 1. The Labute approximate surface area is 132 Å². The summed E-state index contributed by atoms with van der Waals surface area (Å²) in [6, 6.07) is 11.9. The van der Waals surface area contributed by atoms with E-state index < -0.39 is 10.6 Å². The number of non-ortho nitro benzene ring substituents is 1. The molecule has 0 radical (unpaired) electrons. The number of ether oxygens (including phenoxy) is 1. The van der Waals surface area contributed by atoms with Crippen LogP contribution in [0.15, 0.2) is 47.5 Å². The molecule has 0 bridgehead atoms. The van der Waals surface area contributed by atoms with Crippen molar-refractivity contribution in [3.05, 3.63) is 68.7 Å². The van der Waals surface area contributed by atoms with Crippen molar-refractivity contribution in [2.24, 2.45) is 4.99 Å². The second-order valence-electron chi connectivity index (χ2n) is 5.45. The van der Waals surface area contributed by atoms with Crippen LogP contribution in [0.4, 0.5) is 5.69 Å². The number of benzene rings is 2. The van der Waals surface area contributed by atoms with Gasteiger partial charge in [-0.1, -0.05) is 23.7 Å². The third kappa shape index (κ3) is 2.67. The third-order valence-electron chi connectivity index (χ3n) is 3.29. The summed E-state index contributed by atoms with van der Waals surface area (Å²) in [4.78, 5) is 15.1. The van der Waals surface area contributed by atoms with Crippen LogP contribution in [-0.4, -0.2) is 16.4 Å². The Bertz CT molecular complexity index is 782. The van der Waals surface area contributed by atoms with Gasteiger partial charge in [0, 0.05) is 22.2 Å². The predicted octanol–water partition coefficient (Wildman–Crippen LogP) is 4.21. The average molecular weight is 317 g/mol. The summed E-state index contributed by atoms with van der Waals surface area (Å²) < 4.78 is 5.77. The average Bonchev–Trinajstić information content (AvgIpc) is 2.45. The molecule has 5 nitrogen and oxygen atoms in total. The van der Waals surface area contributed by atoms with Crippen molar-refractivity contribution in [2.75, 3.05) is 0 Å². The molecule has 22 heavy (non-hydrogen) atoms. The number of nitrogens with zero attached hydrogens (tertiary/aromatic N) is 2. The van der Waals surface area contributed by atoms with Gasteiger partial charge in [-0.15, -0.1) is 0 Å². The van der Waals surface area contributed by atoms with Crippen molar-refractivity contribution >= 4 is 23.0 Å². The lowest BCUT2D eigenvalue weighted by atomic mass is 9.98. The molecule has 112 valence electrons. The van der Waals surface area contributed by atoms with Crippen molar-refractivity contribution in [2.45, 2.75) is 19.6 Å². The number of nitro benzene ring substituents is 1. The van der Waals surface area contributed by atoms with Crippen LogP contribution in [0, 0.1) is 10.1 Å². The summed E-state index contributed by atoms with van der Waals surface area (Å²) in [5.41, 5.74) is 1.55. The highest BCUT2D eigenvalue weighted by molar-refractivity contribution is 6.30. The van der Waals surface area contributed by atoms with E-state index in [1.807, 2.05) is 26.0 Å². The molecule has 1 heterocycles. The van der Waals surface area contributed by atoms with Crippen LogP contribution < -0.4 is 4.74 Å². The third-order valence-corrected chi connectivity index (χ3v) is 3.54. The first kappa shape index (κ1) is 14.5. The molecule has 0 amide bonds. The van der Waals surface area contributed by atoms with Crippen LogP contribution in [0.25, 0.3) is 0 Å². The van der Waals surface area contributed by atoms with Crippen molar-refractivity contribution in [3.63, 3.8) is 0 Å². The van der Waals surface area contributed by atoms with Crippen LogP contribution >= 0.6 is 11.6 Å². The van der Waals surface area contributed by atoms with Crippen LogP contribution in [0.5, 0.6) is 5.75 Å². The van der Waals surface area contributed by atoms with Gasteiger partial charge < -0.3 is 4.74 Å². The first-order valence-corrected chi connectivity index (χ1v) is 7.07. The van der Waals surface area contributed by atoms with E-state index in [2.05, 4.69) is 4.99 Å². The standard InChI is InChI=1S/C16H13ClN2O3/c1-16(2)18-15(10-3-5-11(17)6-4-10)13-8-7-12(19(20)21)9-14(13)22-16/h3-9H,1-2H3. The summed E-state index contributed by atoms with van der Waals surface area (Å²) in [5.74, 6) is 0.458. The summed E-state index contributed by atoms with van der Waals surface area (Å²) in [5, 5.41) is 11.6. The molecule has 0 unspecified atom stereocenters. The first-order chi connectivity index (χ1) is 10.4. The van der Waals surface area contributed by atoms with E-state index in [-0.39, 0.29) is 5.69 Å². The lowest BCUT2D eigenvalue weighted by Gasteiger charge is -2.30. The number of hydrogen-bond acceptors (Lipinski definition) is 4. The Balaban J connectivity index is 2.16. The second kappa shape index (κ2) is 5.10. The summed E-state index contributed by atoms with van der Waals surface area (Å²) in [6.07, 6.45) is 0. The molecule has 2 aromatic carbocycles. The number of hydrogen-bond donors (Lipinski definition) is 0. The Hall–Kier alpha value is -2.40. The number of aliphatic imine (C=N–C) groups is 1. The van der Waals surface area contributed by atoms with Gasteiger partial charge in [-0.3, -0.25) is 10.1 Å². The fourth-order valence-electron chi connectivity index (χ4n) is 2.35. The van der Waals surface area contributed by atoms with Crippen LogP contribution in [0.2, 0.25) is 5.02 Å². The molecular weight excluding hydrogens is 304 g/mol. The predicted molar refractivity (Wildman–Crippen MR) is 84.9 cm³/mol. The molecule has 0 saturated heterocycles. The fourth-order valence-corrected chi connectivity index (χ4v) is 2.48. The van der Waals surface area contributed by atoms with E-state index in [0.29, 0.717) is 10.8 Å². The Morgan fingerprint density at radius 3 is 2.50 bits per heavy atom. The highest BCUT2D eigenvalue weighted by Crippen LogP contribution is 2.35. The highest BCUT2D eigenvalue weighted by atomic mass is 35.5. The van der Waals surface area contributed by atoms with Crippen LogP contribution in [0.3, 0.4) is 0 Å². The molecule has 0 spiro atoms. The molecule has 0 fully saturated rings. The Morgan fingerprint density at radius 1 is 1.18 bits per heavy atom. The maximum absolute atomic E-state index is 10.9. The highest BCUT2D eigenvalue weighted by Gasteiger charge is 2.30. The van der Waals surface area contributed by atoms with Gasteiger partial charge in [0.15, 0.2) is 5.72 Å². The van der Waals surface area contributed by atoms with E-state index in [1.165, 1.54) is 12.1 Å². The van der Waals surface area contributed by atoms with Gasteiger partial charge in [-0.25, -0.2) is 4.99 Å². The molecule has 3 rings (SSSR count). The molecule has 1 aliphatic rings. The van der Waals surface area contributed by atoms with Crippen molar-refractivity contribution in [3.8, 4) is 5.75 Å². The van der Waals surface area contributed by atoms with Gasteiger partial charge in [0.2, 0.25) is 0 Å². The fraction of sp³-hybridized carbons (Fsp3) is 0.188. The molecule has 0 aromatic heterocycles. The van der Waals surface area contributed by atoms with E-state index >= 15 is 0 Å². The lowest BCUT2D eigenvalue weighted by Crippen LogP contribution is -2.32. The van der Waals surface area contributed by atoms with Gasteiger partial charge in [0.25, 0.3) is 5.69 Å². The largest absolute Gasteiger partial charge is 0.466 e. The van der Waals surface area contributed by atoms with E-state index in [1.54, 1.807) is 18.2 Å². The molecule has 0 saturated carbocycles. The van der Waals surface area contributed by atoms with Gasteiger partial charge in [-0.05, 0) is 32.0 Å². The molecule has 1 aliphatic heterocycles. The normalized spacial score (nSPS) is 15.5. The maximum Gasteiger partial charge on any atom is 0.273 e. The van der Waals surface area contributed by atoms with E-state index in [0.717, 1.165) is 16.8 Å². The maximum atomic E-state index is 10.9. The minimum absolute atomic E-state index is 0.00749. The zero-order chi connectivity index (χ0) is 15.9. The minimum atomic E-state index is -0.794. The zero-order valence-electron chi connectivity index (χ0n) is 12.0. The van der Waals surface area contributed by atoms with E-state index in [9.17, 15) is 10.1 Å². The molecule has 0 N–H and O–H groups in total. The second-order valence-corrected chi connectivity index (χ2v) is 5.89. The number of nitro groups is 1. The van der Waals surface area contributed by atoms with Gasteiger partial charge in [-0.2, -0.15) is 0 Å². The smallest absolute Gasteiger partial charge is 0.273 e. The molecule has 6 heteroatoms. The van der Waals surface area contributed by atoms with Crippen molar-refractivity contribution in [1.82, 2.24) is 0 Å². The van der Waals surface area contributed by atoms with Crippen LogP contribution in [0.1, 0.15) is 25.0 Å².